The van der Waals surface area contributed by atoms with E-state index >= 15 is 0 Å². The van der Waals surface area contributed by atoms with Gasteiger partial charge in [-0.05, 0) is 30.7 Å². The molecular weight excluding hydrogens is 244 g/mol. The van der Waals surface area contributed by atoms with Crippen LogP contribution in [0.1, 0.15) is 15.9 Å². The van der Waals surface area contributed by atoms with E-state index in [1.165, 1.54) is 6.20 Å². The van der Waals surface area contributed by atoms with Crippen LogP contribution in [-0.2, 0) is 0 Å². The van der Waals surface area contributed by atoms with E-state index in [2.05, 4.69) is 10.3 Å². The number of H-pyrrole nitrogens is 1. The summed E-state index contributed by atoms with van der Waals surface area (Å²) in [5.74, 6) is 0.198. The molecule has 1 heterocycles. The number of ether oxygens (including phenoxy) is 1. The van der Waals surface area contributed by atoms with Crippen LogP contribution < -0.4 is 15.6 Å². The predicted molar refractivity (Wildman–Crippen MR) is 72.7 cm³/mol. The number of benzene rings is 1. The van der Waals surface area contributed by atoms with E-state index in [1.54, 1.807) is 44.4 Å². The first kappa shape index (κ1) is 12.9. The molecular formula is C14H14N2O3. The van der Waals surface area contributed by atoms with Crippen molar-refractivity contribution < 1.29 is 9.53 Å². The van der Waals surface area contributed by atoms with Crippen LogP contribution in [0, 0.1) is 6.92 Å². The number of carbonyl (C=O) groups excluding carboxylic acids is 1. The largest absolute Gasteiger partial charge is 0.497 e. The first-order valence-corrected chi connectivity index (χ1v) is 5.75. The lowest BCUT2D eigenvalue weighted by Gasteiger charge is -2.08. The van der Waals surface area contributed by atoms with Gasteiger partial charge in [0.25, 0.3) is 11.5 Å². The van der Waals surface area contributed by atoms with Crippen molar-refractivity contribution in [2.45, 2.75) is 6.92 Å². The number of amides is 1. The third-order valence-corrected chi connectivity index (χ3v) is 2.72. The number of aryl methyl sites for hydroxylation is 1. The lowest BCUT2D eigenvalue weighted by molar-refractivity contribution is 0.102. The molecule has 0 aliphatic heterocycles. The van der Waals surface area contributed by atoms with Crippen LogP contribution in [-0.4, -0.2) is 18.0 Å². The number of pyridine rings is 1. The number of anilines is 1. The maximum absolute atomic E-state index is 12.1. The van der Waals surface area contributed by atoms with Crippen molar-refractivity contribution >= 4 is 11.6 Å². The van der Waals surface area contributed by atoms with E-state index in [1.807, 2.05) is 0 Å². The van der Waals surface area contributed by atoms with E-state index in [4.69, 9.17) is 4.74 Å². The summed E-state index contributed by atoms with van der Waals surface area (Å²) in [5, 5.41) is 2.68. The fourth-order valence-electron chi connectivity index (χ4n) is 1.75. The highest BCUT2D eigenvalue weighted by molar-refractivity contribution is 6.05. The Morgan fingerprint density at radius 2 is 2.11 bits per heavy atom. The lowest BCUT2D eigenvalue weighted by Crippen LogP contribution is -2.24. The first-order valence-electron chi connectivity index (χ1n) is 5.75. The zero-order valence-corrected chi connectivity index (χ0v) is 10.7. The second-order valence-corrected chi connectivity index (χ2v) is 4.05. The normalized spacial score (nSPS) is 10.0. The van der Waals surface area contributed by atoms with Gasteiger partial charge in [0.2, 0.25) is 0 Å². The summed E-state index contributed by atoms with van der Waals surface area (Å²) in [6.45, 7) is 1.72. The SMILES string of the molecule is COc1cccc(NC(=O)c2c(C)cc[nH]c2=O)c1. The van der Waals surface area contributed by atoms with Gasteiger partial charge < -0.3 is 15.0 Å². The van der Waals surface area contributed by atoms with Gasteiger partial charge in [-0.25, -0.2) is 0 Å². The van der Waals surface area contributed by atoms with E-state index in [9.17, 15) is 9.59 Å². The molecule has 0 bridgehead atoms. The van der Waals surface area contributed by atoms with Gasteiger partial charge in [-0.2, -0.15) is 0 Å². The minimum atomic E-state index is -0.437. The molecule has 1 aromatic carbocycles. The maximum atomic E-state index is 12.1. The van der Waals surface area contributed by atoms with E-state index in [0.717, 1.165) is 0 Å². The summed E-state index contributed by atoms with van der Waals surface area (Å²) < 4.78 is 5.07. The fraction of sp³-hybridized carbons (Fsp3) is 0.143. The highest BCUT2D eigenvalue weighted by Gasteiger charge is 2.13. The minimum absolute atomic E-state index is 0.116. The molecule has 0 spiro atoms. The molecule has 0 aliphatic rings. The smallest absolute Gasteiger partial charge is 0.261 e. The van der Waals surface area contributed by atoms with Crippen molar-refractivity contribution in [1.82, 2.24) is 4.98 Å². The average molecular weight is 258 g/mol. The van der Waals surface area contributed by atoms with Crippen molar-refractivity contribution in [2.24, 2.45) is 0 Å². The molecule has 0 unspecified atom stereocenters. The van der Waals surface area contributed by atoms with Gasteiger partial charge in [0.1, 0.15) is 11.3 Å². The number of nitrogens with one attached hydrogen (secondary N) is 2. The quantitative estimate of drug-likeness (QED) is 0.883. The average Bonchev–Trinajstić information content (AvgIpc) is 2.38. The number of carbonyl (C=O) groups is 1. The van der Waals surface area contributed by atoms with Crippen LogP contribution in [0.25, 0.3) is 0 Å². The van der Waals surface area contributed by atoms with Gasteiger partial charge in [0.05, 0.1) is 7.11 Å². The van der Waals surface area contributed by atoms with Gasteiger partial charge in [0, 0.05) is 18.0 Å². The third-order valence-electron chi connectivity index (χ3n) is 2.72. The molecule has 2 rings (SSSR count). The molecule has 19 heavy (non-hydrogen) atoms. The Morgan fingerprint density at radius 1 is 1.32 bits per heavy atom. The molecule has 0 radical (unpaired) electrons. The lowest BCUT2D eigenvalue weighted by atomic mass is 10.1. The van der Waals surface area contributed by atoms with Gasteiger partial charge in [-0.1, -0.05) is 6.07 Å². The van der Waals surface area contributed by atoms with Crippen molar-refractivity contribution in [3.8, 4) is 5.75 Å². The van der Waals surface area contributed by atoms with Crippen molar-refractivity contribution in [3.05, 3.63) is 58.0 Å². The van der Waals surface area contributed by atoms with E-state index in [-0.39, 0.29) is 5.56 Å². The Hall–Kier alpha value is -2.56. The number of hydrogen-bond acceptors (Lipinski definition) is 3. The molecule has 0 saturated heterocycles. The van der Waals surface area contributed by atoms with Crippen LogP contribution in [0.15, 0.2) is 41.3 Å². The molecule has 0 aliphatic carbocycles. The Balaban J connectivity index is 2.28. The van der Waals surface area contributed by atoms with Crippen molar-refractivity contribution in [1.29, 1.82) is 0 Å². The minimum Gasteiger partial charge on any atom is -0.497 e. The summed E-state index contributed by atoms with van der Waals surface area (Å²) in [5.41, 5.74) is 0.918. The number of aromatic amines is 1. The second-order valence-electron chi connectivity index (χ2n) is 4.05. The Kier molecular flexibility index (Phi) is 3.66. The first-order chi connectivity index (χ1) is 9.11. The molecule has 2 N–H and O–H groups in total. The Morgan fingerprint density at radius 3 is 2.79 bits per heavy atom. The molecule has 1 amide bonds. The summed E-state index contributed by atoms with van der Waals surface area (Å²) in [6.07, 6.45) is 1.51. The molecule has 5 heteroatoms. The second kappa shape index (κ2) is 5.39. The van der Waals surface area contributed by atoms with Crippen LogP contribution in [0.3, 0.4) is 0 Å². The third kappa shape index (κ3) is 2.82. The van der Waals surface area contributed by atoms with Gasteiger partial charge in [-0.15, -0.1) is 0 Å². The molecule has 5 nitrogen and oxygen atoms in total. The highest BCUT2D eigenvalue weighted by atomic mass is 16.5. The van der Waals surface area contributed by atoms with Crippen LogP contribution >= 0.6 is 0 Å². The van der Waals surface area contributed by atoms with Gasteiger partial charge in [0.15, 0.2) is 0 Å². The Labute approximate surface area is 110 Å². The summed E-state index contributed by atoms with van der Waals surface area (Å²) in [7, 11) is 1.55. The molecule has 2 aromatic rings. The Bertz CT molecular complexity index is 662. The molecule has 0 saturated carbocycles. The fourth-order valence-corrected chi connectivity index (χ4v) is 1.75. The predicted octanol–water partition coefficient (Wildman–Crippen LogP) is 1.94. The standard InChI is InChI=1S/C14H14N2O3/c1-9-6-7-15-13(17)12(9)14(18)16-10-4-3-5-11(8-10)19-2/h3-8H,1-2H3,(H,15,17)(H,16,18). The van der Waals surface area contributed by atoms with E-state index in [0.29, 0.717) is 17.0 Å². The molecule has 98 valence electrons. The number of aromatic nitrogens is 1. The van der Waals surface area contributed by atoms with Crippen molar-refractivity contribution in [3.63, 3.8) is 0 Å². The topological polar surface area (TPSA) is 71.2 Å². The zero-order valence-electron chi connectivity index (χ0n) is 10.7. The van der Waals surface area contributed by atoms with Gasteiger partial charge in [-0.3, -0.25) is 9.59 Å². The summed E-state index contributed by atoms with van der Waals surface area (Å²) >= 11 is 0. The summed E-state index contributed by atoms with van der Waals surface area (Å²) in [4.78, 5) is 26.2. The number of methoxy groups -OCH3 is 1. The molecule has 1 aromatic heterocycles. The monoisotopic (exact) mass is 258 g/mol. The van der Waals surface area contributed by atoms with Crippen LogP contribution in [0.5, 0.6) is 5.75 Å². The van der Waals surface area contributed by atoms with Crippen molar-refractivity contribution in [2.75, 3.05) is 12.4 Å². The van der Waals surface area contributed by atoms with Crippen LogP contribution in [0.2, 0.25) is 0 Å². The number of rotatable bonds is 3. The summed E-state index contributed by atoms with van der Waals surface area (Å²) in [6, 6.07) is 8.63. The van der Waals surface area contributed by atoms with Gasteiger partial charge >= 0.3 is 0 Å². The molecule has 0 atom stereocenters. The molecule has 0 fully saturated rings. The van der Waals surface area contributed by atoms with E-state index < -0.39 is 11.5 Å². The number of hydrogen-bond donors (Lipinski definition) is 2. The maximum Gasteiger partial charge on any atom is 0.261 e. The highest BCUT2D eigenvalue weighted by Crippen LogP contribution is 2.17. The van der Waals surface area contributed by atoms with Crippen LogP contribution in [0.4, 0.5) is 5.69 Å². The zero-order chi connectivity index (χ0) is 13.8.